The molecule has 4 rings (SSSR count). The molecule has 0 spiro atoms. The van der Waals surface area contributed by atoms with Crippen LogP contribution in [0, 0.1) is 0 Å². The van der Waals surface area contributed by atoms with E-state index in [9.17, 15) is 24.3 Å². The van der Waals surface area contributed by atoms with Crippen molar-refractivity contribution >= 4 is 52.9 Å². The molecule has 0 aliphatic carbocycles. The van der Waals surface area contributed by atoms with Crippen LogP contribution in [0.4, 0.5) is 11.4 Å². The van der Waals surface area contributed by atoms with Gasteiger partial charge in [-0.2, -0.15) is 0 Å². The summed E-state index contributed by atoms with van der Waals surface area (Å²) in [7, 11) is 1.52. The average molecular weight is 610 g/mol. The molecule has 0 aliphatic heterocycles. The second kappa shape index (κ2) is 15.2. The minimum absolute atomic E-state index is 0.0100. The van der Waals surface area contributed by atoms with Crippen molar-refractivity contribution in [3.05, 3.63) is 126 Å². The zero-order valence-corrected chi connectivity index (χ0v) is 24.9. The number of amides is 3. The summed E-state index contributed by atoms with van der Waals surface area (Å²) < 4.78 is 5.42. The van der Waals surface area contributed by atoms with Crippen LogP contribution in [0.2, 0.25) is 0 Å². The molecule has 1 atom stereocenters. The maximum atomic E-state index is 13.5. The Kier molecular flexibility index (Phi) is 10.9. The van der Waals surface area contributed by atoms with Gasteiger partial charge in [0.15, 0.2) is 0 Å². The van der Waals surface area contributed by atoms with Crippen LogP contribution in [0.15, 0.2) is 114 Å². The molecule has 1 unspecified atom stereocenters. The first-order chi connectivity index (χ1) is 21.3. The van der Waals surface area contributed by atoms with Crippen molar-refractivity contribution in [2.45, 2.75) is 23.5 Å². The predicted molar refractivity (Wildman–Crippen MR) is 172 cm³/mol. The number of benzene rings is 4. The van der Waals surface area contributed by atoms with Gasteiger partial charge in [-0.25, -0.2) is 4.79 Å². The maximum Gasteiger partial charge on any atom is 0.335 e. The summed E-state index contributed by atoms with van der Waals surface area (Å²) in [6, 6.07) is 28.8. The molecule has 0 radical (unpaired) electrons. The minimum Gasteiger partial charge on any atom is -0.496 e. The number of para-hydroxylation sites is 1. The maximum absolute atomic E-state index is 13.5. The fourth-order valence-electron chi connectivity index (χ4n) is 4.17. The summed E-state index contributed by atoms with van der Waals surface area (Å²) in [6.45, 7) is 1.88. The predicted octanol–water partition coefficient (Wildman–Crippen LogP) is 6.31. The largest absolute Gasteiger partial charge is 0.496 e. The van der Waals surface area contributed by atoms with Gasteiger partial charge in [0, 0.05) is 27.4 Å². The molecule has 0 aliphatic rings. The van der Waals surface area contributed by atoms with Gasteiger partial charge in [-0.1, -0.05) is 55.5 Å². The quantitative estimate of drug-likeness (QED) is 0.109. The van der Waals surface area contributed by atoms with Crippen molar-refractivity contribution in [3.8, 4) is 5.75 Å². The molecule has 0 fully saturated rings. The molecule has 224 valence electrons. The Morgan fingerprint density at radius 3 is 2.18 bits per heavy atom. The Bertz CT molecular complexity index is 1690. The monoisotopic (exact) mass is 609 g/mol. The number of carboxylic acids is 1. The molecule has 4 aromatic carbocycles. The number of ether oxygens (including phenoxy) is 1. The van der Waals surface area contributed by atoms with E-state index in [0.29, 0.717) is 34.7 Å². The Hall–Kier alpha value is -5.35. The zero-order chi connectivity index (χ0) is 31.5. The minimum atomic E-state index is -1.08. The number of anilines is 2. The number of carbonyl (C=O) groups excluding carboxylic acids is 3. The molecule has 4 N–H and O–H groups in total. The summed E-state index contributed by atoms with van der Waals surface area (Å²) >= 11 is 1.31. The van der Waals surface area contributed by atoms with E-state index in [4.69, 9.17) is 4.74 Å². The smallest absolute Gasteiger partial charge is 0.335 e. The Morgan fingerprint density at radius 1 is 0.818 bits per heavy atom. The van der Waals surface area contributed by atoms with Gasteiger partial charge < -0.3 is 25.8 Å². The summed E-state index contributed by atoms with van der Waals surface area (Å²) in [5.41, 5.74) is 1.93. The highest BCUT2D eigenvalue weighted by molar-refractivity contribution is 8.00. The molecular formula is C34H31N3O6S. The molecule has 0 aromatic heterocycles. The van der Waals surface area contributed by atoms with Crippen molar-refractivity contribution in [1.82, 2.24) is 5.32 Å². The molecule has 0 saturated heterocycles. The number of hydrogen-bond donors (Lipinski definition) is 4. The van der Waals surface area contributed by atoms with Gasteiger partial charge in [0.25, 0.3) is 11.8 Å². The first-order valence-corrected chi connectivity index (χ1v) is 14.6. The highest BCUT2D eigenvalue weighted by atomic mass is 32.2. The second-order valence-electron chi connectivity index (χ2n) is 9.49. The van der Waals surface area contributed by atoms with E-state index >= 15 is 0 Å². The van der Waals surface area contributed by atoms with Gasteiger partial charge in [0.2, 0.25) is 5.91 Å². The number of nitrogens with one attached hydrogen (secondary N) is 3. The highest BCUT2D eigenvalue weighted by Gasteiger charge is 2.20. The fourth-order valence-corrected chi connectivity index (χ4v) is 5.18. The van der Waals surface area contributed by atoms with Gasteiger partial charge in [0.05, 0.1) is 17.9 Å². The normalized spacial score (nSPS) is 11.6. The van der Waals surface area contributed by atoms with Crippen molar-refractivity contribution in [1.29, 1.82) is 0 Å². The molecule has 0 heterocycles. The third-order valence-corrected chi connectivity index (χ3v) is 7.74. The Labute approximate surface area is 259 Å². The van der Waals surface area contributed by atoms with Crippen molar-refractivity contribution in [2.24, 2.45) is 0 Å². The van der Waals surface area contributed by atoms with E-state index < -0.39 is 23.0 Å². The molecule has 10 heteroatoms. The van der Waals surface area contributed by atoms with Crippen LogP contribution in [0.1, 0.15) is 39.6 Å². The van der Waals surface area contributed by atoms with Crippen LogP contribution in [0.5, 0.6) is 5.75 Å². The molecule has 44 heavy (non-hydrogen) atoms. The Morgan fingerprint density at radius 2 is 1.48 bits per heavy atom. The van der Waals surface area contributed by atoms with Crippen LogP contribution in [0.3, 0.4) is 0 Å². The number of aromatic carboxylic acids is 1. The van der Waals surface area contributed by atoms with E-state index in [0.717, 1.165) is 4.90 Å². The van der Waals surface area contributed by atoms with E-state index in [1.807, 2.05) is 13.0 Å². The van der Waals surface area contributed by atoms with E-state index in [-0.39, 0.29) is 17.2 Å². The summed E-state index contributed by atoms with van der Waals surface area (Å²) in [4.78, 5) is 51.5. The van der Waals surface area contributed by atoms with Gasteiger partial charge in [-0.15, -0.1) is 11.8 Å². The fraction of sp³-hybridized carbons (Fsp3) is 0.118. The molecule has 4 aromatic rings. The second-order valence-corrected chi connectivity index (χ2v) is 10.8. The summed E-state index contributed by atoms with van der Waals surface area (Å²) in [5, 5.41) is 17.1. The molecule has 3 amide bonds. The van der Waals surface area contributed by atoms with Gasteiger partial charge in [-0.05, 0) is 67.1 Å². The Balaban J connectivity index is 1.51. The third kappa shape index (κ3) is 8.59. The lowest BCUT2D eigenvalue weighted by molar-refractivity contribution is -0.116. The standard InChI is InChI=1S/C34H31N3O6S/c1-3-30(33(40)36-25-15-9-14-24(19-25)34(41)42)44-27-17-10-16-26(21-27)35-32(39)28(20-23-13-7-8-18-29(23)43-2)37-31(38)22-11-5-4-6-12-22/h4-21,30H,3H2,1-2H3,(H,35,39)(H,36,40)(H,37,38)(H,41,42)/b28-20+. The number of hydrogen-bond acceptors (Lipinski definition) is 6. The van der Waals surface area contributed by atoms with E-state index in [1.165, 1.54) is 31.0 Å². The summed E-state index contributed by atoms with van der Waals surface area (Å²) in [5.74, 6) is -1.83. The number of carboxylic acid groups (broad SMARTS) is 1. The van der Waals surface area contributed by atoms with Crippen molar-refractivity contribution in [2.75, 3.05) is 17.7 Å². The molecule has 0 saturated carbocycles. The highest BCUT2D eigenvalue weighted by Crippen LogP contribution is 2.29. The lowest BCUT2D eigenvalue weighted by Crippen LogP contribution is -2.30. The lowest BCUT2D eigenvalue weighted by Gasteiger charge is -2.16. The summed E-state index contributed by atoms with van der Waals surface area (Å²) in [6.07, 6.45) is 2.05. The van der Waals surface area contributed by atoms with Crippen LogP contribution in [-0.4, -0.2) is 41.2 Å². The van der Waals surface area contributed by atoms with Crippen molar-refractivity contribution < 1.29 is 29.0 Å². The number of carbonyl (C=O) groups is 4. The molecule has 0 bridgehead atoms. The molecule has 9 nitrogen and oxygen atoms in total. The van der Waals surface area contributed by atoms with Crippen LogP contribution in [-0.2, 0) is 9.59 Å². The van der Waals surface area contributed by atoms with Crippen molar-refractivity contribution in [3.63, 3.8) is 0 Å². The van der Waals surface area contributed by atoms with Gasteiger partial charge >= 0.3 is 5.97 Å². The number of rotatable bonds is 12. The first kappa shape index (κ1) is 31.6. The third-order valence-electron chi connectivity index (χ3n) is 6.38. The zero-order valence-electron chi connectivity index (χ0n) is 24.1. The van der Waals surface area contributed by atoms with E-state index in [1.54, 1.807) is 91.0 Å². The first-order valence-electron chi connectivity index (χ1n) is 13.7. The topological polar surface area (TPSA) is 134 Å². The van der Waals surface area contributed by atoms with Crippen LogP contribution >= 0.6 is 11.8 Å². The van der Waals surface area contributed by atoms with Crippen LogP contribution < -0.4 is 20.7 Å². The van der Waals surface area contributed by atoms with Gasteiger partial charge in [-0.3, -0.25) is 14.4 Å². The SMILES string of the molecule is CCC(Sc1cccc(NC(=O)/C(=C\c2ccccc2OC)NC(=O)c2ccccc2)c1)C(=O)Nc1cccc(C(=O)O)c1. The number of methoxy groups -OCH3 is 1. The molecular weight excluding hydrogens is 578 g/mol. The lowest BCUT2D eigenvalue weighted by atomic mass is 10.1. The average Bonchev–Trinajstić information content (AvgIpc) is 3.04. The number of thioether (sulfide) groups is 1. The van der Waals surface area contributed by atoms with Gasteiger partial charge in [0.1, 0.15) is 11.4 Å². The van der Waals surface area contributed by atoms with Crippen LogP contribution in [0.25, 0.3) is 6.08 Å². The van der Waals surface area contributed by atoms with E-state index in [2.05, 4.69) is 16.0 Å².